The Morgan fingerprint density at radius 1 is 1.24 bits per heavy atom. The van der Waals surface area contributed by atoms with Gasteiger partial charge in [-0.05, 0) is 30.0 Å². The highest BCUT2D eigenvalue weighted by atomic mass is 16.5. The van der Waals surface area contributed by atoms with Crippen LogP contribution in [0, 0.1) is 5.92 Å². The molecule has 3 heteroatoms. The van der Waals surface area contributed by atoms with Crippen LogP contribution in [0.15, 0.2) is 24.3 Å². The molecule has 0 saturated heterocycles. The first-order chi connectivity index (χ1) is 10.2. The molecule has 21 heavy (non-hydrogen) atoms. The van der Waals surface area contributed by atoms with Gasteiger partial charge in [-0.3, -0.25) is 4.90 Å². The number of hydrogen-bond donors (Lipinski definition) is 1. The summed E-state index contributed by atoms with van der Waals surface area (Å²) in [5.41, 5.74) is 2.76. The third-order valence-electron chi connectivity index (χ3n) is 3.39. The Morgan fingerprint density at radius 2 is 2.00 bits per heavy atom. The second-order valence-electron chi connectivity index (χ2n) is 6.12. The van der Waals surface area contributed by atoms with E-state index in [9.17, 15) is 0 Å². The second-order valence-corrected chi connectivity index (χ2v) is 6.12. The standard InChI is InChI=1S/C18H32N2O/c1-5-9-19-13-17-7-6-8-18(12-17)15-20(10-11-21-4)14-16(2)3/h6-8,12,16,19H,5,9-11,13-15H2,1-4H3. The van der Waals surface area contributed by atoms with Crippen molar-refractivity contribution < 1.29 is 4.74 Å². The van der Waals surface area contributed by atoms with Crippen molar-refractivity contribution in [3.8, 4) is 0 Å². The maximum atomic E-state index is 5.23. The molecule has 1 rings (SSSR count). The maximum absolute atomic E-state index is 5.23. The normalized spacial score (nSPS) is 11.5. The van der Waals surface area contributed by atoms with Crippen molar-refractivity contribution in [3.63, 3.8) is 0 Å². The van der Waals surface area contributed by atoms with Crippen LogP contribution in [-0.2, 0) is 17.8 Å². The second kappa shape index (κ2) is 10.8. The van der Waals surface area contributed by atoms with E-state index in [1.54, 1.807) is 7.11 Å². The molecule has 0 aliphatic carbocycles. The zero-order chi connectivity index (χ0) is 15.5. The summed E-state index contributed by atoms with van der Waals surface area (Å²) in [6, 6.07) is 8.92. The Labute approximate surface area is 130 Å². The Hall–Kier alpha value is -0.900. The van der Waals surface area contributed by atoms with Crippen LogP contribution in [0.5, 0.6) is 0 Å². The summed E-state index contributed by atoms with van der Waals surface area (Å²) in [7, 11) is 1.77. The Balaban J connectivity index is 2.58. The minimum atomic E-state index is 0.677. The summed E-state index contributed by atoms with van der Waals surface area (Å²) in [5.74, 6) is 0.677. The monoisotopic (exact) mass is 292 g/mol. The van der Waals surface area contributed by atoms with Gasteiger partial charge >= 0.3 is 0 Å². The lowest BCUT2D eigenvalue weighted by molar-refractivity contribution is 0.136. The molecule has 0 saturated carbocycles. The van der Waals surface area contributed by atoms with Crippen molar-refractivity contribution in [2.24, 2.45) is 5.92 Å². The van der Waals surface area contributed by atoms with Gasteiger partial charge in [-0.2, -0.15) is 0 Å². The van der Waals surface area contributed by atoms with Crippen LogP contribution < -0.4 is 5.32 Å². The fourth-order valence-electron chi connectivity index (χ4n) is 2.48. The number of methoxy groups -OCH3 is 1. The van der Waals surface area contributed by atoms with Crippen LogP contribution in [0.3, 0.4) is 0 Å². The van der Waals surface area contributed by atoms with E-state index >= 15 is 0 Å². The molecule has 0 spiro atoms. The molecule has 0 heterocycles. The van der Waals surface area contributed by atoms with Crippen LogP contribution in [0.1, 0.15) is 38.3 Å². The summed E-state index contributed by atoms with van der Waals surface area (Å²) >= 11 is 0. The summed E-state index contributed by atoms with van der Waals surface area (Å²) in [4.78, 5) is 2.48. The van der Waals surface area contributed by atoms with Gasteiger partial charge in [0.05, 0.1) is 6.61 Å². The Morgan fingerprint density at radius 3 is 2.67 bits per heavy atom. The third kappa shape index (κ3) is 8.20. The van der Waals surface area contributed by atoms with E-state index < -0.39 is 0 Å². The van der Waals surface area contributed by atoms with Crippen LogP contribution in [0.4, 0.5) is 0 Å². The van der Waals surface area contributed by atoms with Gasteiger partial charge in [0.2, 0.25) is 0 Å². The molecular weight excluding hydrogens is 260 g/mol. The van der Waals surface area contributed by atoms with E-state index in [-0.39, 0.29) is 0 Å². The highest BCUT2D eigenvalue weighted by Gasteiger charge is 2.08. The molecule has 0 unspecified atom stereocenters. The van der Waals surface area contributed by atoms with Crippen LogP contribution >= 0.6 is 0 Å². The lowest BCUT2D eigenvalue weighted by atomic mass is 10.1. The quantitative estimate of drug-likeness (QED) is 0.633. The molecule has 1 aromatic rings. The van der Waals surface area contributed by atoms with Crippen molar-refractivity contribution in [2.45, 2.75) is 40.3 Å². The molecule has 0 atom stereocenters. The molecule has 0 fully saturated rings. The highest BCUT2D eigenvalue weighted by Crippen LogP contribution is 2.10. The van der Waals surface area contributed by atoms with Gasteiger partial charge in [-0.15, -0.1) is 0 Å². The summed E-state index contributed by atoms with van der Waals surface area (Å²) in [5, 5.41) is 3.46. The zero-order valence-electron chi connectivity index (χ0n) is 14.2. The van der Waals surface area contributed by atoms with E-state index in [2.05, 4.69) is 55.3 Å². The van der Waals surface area contributed by atoms with Gasteiger partial charge in [-0.1, -0.05) is 45.0 Å². The number of ether oxygens (including phenoxy) is 1. The SMILES string of the molecule is CCCNCc1cccc(CN(CCOC)CC(C)C)c1. The summed E-state index contributed by atoms with van der Waals surface area (Å²) < 4.78 is 5.23. The Bertz CT molecular complexity index is 379. The van der Waals surface area contributed by atoms with Crippen LogP contribution in [0.2, 0.25) is 0 Å². The van der Waals surface area contributed by atoms with Crippen molar-refractivity contribution in [1.82, 2.24) is 10.2 Å². The smallest absolute Gasteiger partial charge is 0.0589 e. The van der Waals surface area contributed by atoms with E-state index in [1.165, 1.54) is 17.5 Å². The molecule has 0 amide bonds. The highest BCUT2D eigenvalue weighted by molar-refractivity contribution is 5.23. The van der Waals surface area contributed by atoms with Crippen molar-refractivity contribution in [1.29, 1.82) is 0 Å². The molecule has 1 aromatic carbocycles. The number of benzene rings is 1. The topological polar surface area (TPSA) is 24.5 Å². The first-order valence-corrected chi connectivity index (χ1v) is 8.15. The van der Waals surface area contributed by atoms with Crippen molar-refractivity contribution >= 4 is 0 Å². The van der Waals surface area contributed by atoms with Gasteiger partial charge in [0, 0.05) is 33.3 Å². The predicted molar refractivity (Wildman–Crippen MR) is 90.4 cm³/mol. The first kappa shape index (κ1) is 18.1. The largest absolute Gasteiger partial charge is 0.383 e. The minimum Gasteiger partial charge on any atom is -0.383 e. The number of nitrogens with one attached hydrogen (secondary N) is 1. The Kier molecular flexibility index (Phi) is 9.31. The molecule has 0 aromatic heterocycles. The third-order valence-corrected chi connectivity index (χ3v) is 3.39. The summed E-state index contributed by atoms with van der Waals surface area (Å²) in [6.07, 6.45) is 1.18. The maximum Gasteiger partial charge on any atom is 0.0589 e. The van der Waals surface area contributed by atoms with E-state index in [0.29, 0.717) is 5.92 Å². The first-order valence-electron chi connectivity index (χ1n) is 8.15. The molecule has 0 aliphatic rings. The number of rotatable bonds is 11. The van der Waals surface area contributed by atoms with Gasteiger partial charge in [0.1, 0.15) is 0 Å². The summed E-state index contributed by atoms with van der Waals surface area (Å²) in [6.45, 7) is 12.7. The lowest BCUT2D eigenvalue weighted by Crippen LogP contribution is -2.30. The number of nitrogens with zero attached hydrogens (tertiary/aromatic N) is 1. The molecule has 1 N–H and O–H groups in total. The molecule has 0 radical (unpaired) electrons. The van der Waals surface area contributed by atoms with Gasteiger partial charge in [-0.25, -0.2) is 0 Å². The van der Waals surface area contributed by atoms with Gasteiger partial charge in [0.15, 0.2) is 0 Å². The van der Waals surface area contributed by atoms with Gasteiger partial charge < -0.3 is 10.1 Å². The molecule has 0 bridgehead atoms. The van der Waals surface area contributed by atoms with Gasteiger partial charge in [0.25, 0.3) is 0 Å². The average molecular weight is 292 g/mol. The van der Waals surface area contributed by atoms with Crippen molar-refractivity contribution in [3.05, 3.63) is 35.4 Å². The van der Waals surface area contributed by atoms with Crippen LogP contribution in [0.25, 0.3) is 0 Å². The van der Waals surface area contributed by atoms with Crippen molar-refractivity contribution in [2.75, 3.05) is 33.4 Å². The predicted octanol–water partition coefficient (Wildman–Crippen LogP) is 3.29. The van der Waals surface area contributed by atoms with E-state index in [4.69, 9.17) is 4.74 Å². The molecule has 120 valence electrons. The lowest BCUT2D eigenvalue weighted by Gasteiger charge is -2.24. The fourth-order valence-corrected chi connectivity index (χ4v) is 2.48. The van der Waals surface area contributed by atoms with Crippen LogP contribution in [-0.4, -0.2) is 38.3 Å². The molecular formula is C18H32N2O. The number of hydrogen-bond acceptors (Lipinski definition) is 3. The molecule has 0 aliphatic heterocycles. The van der Waals surface area contributed by atoms with E-state index in [1.807, 2.05) is 0 Å². The average Bonchev–Trinajstić information content (AvgIpc) is 2.45. The molecule has 3 nitrogen and oxygen atoms in total. The van der Waals surface area contributed by atoms with E-state index in [0.717, 1.165) is 39.3 Å². The zero-order valence-corrected chi connectivity index (χ0v) is 14.2. The fraction of sp³-hybridized carbons (Fsp3) is 0.667. The minimum absolute atomic E-state index is 0.677.